The molecule has 4 rings (SSSR count). The van der Waals surface area contributed by atoms with Gasteiger partial charge in [-0.2, -0.15) is 0 Å². The number of carbonyl (C=O) groups excluding carboxylic acids is 1. The molecular weight excluding hydrogens is 520 g/mol. The van der Waals surface area contributed by atoms with Gasteiger partial charge in [0.1, 0.15) is 31.2 Å². The molecule has 1 aliphatic rings. The minimum absolute atomic E-state index is 0.00638. The maximum atomic E-state index is 12.7. The Labute approximate surface area is 254 Å². The second kappa shape index (κ2) is 13.3. The number of anilines is 1. The van der Waals surface area contributed by atoms with Crippen molar-refractivity contribution in [2.45, 2.75) is 65.8 Å². The van der Waals surface area contributed by atoms with Gasteiger partial charge in [0.15, 0.2) is 12.4 Å². The summed E-state index contributed by atoms with van der Waals surface area (Å²) in [6.45, 7) is 16.2. The molecule has 0 aromatic heterocycles. The standard InChI is InChI=1S/C37H51N2O3/c1-36(2,3)28-37(4,5)31-14-20-33(21-15-31)41-25-24-39(6,7)26-29-10-18-34(19-11-29)42-27-35(40)30-12-16-32(17-13-30)38-22-8-9-23-38/h10-21H,8-9,22-28H2,1-7H3/q+1. The third kappa shape index (κ3) is 9.35. The topological polar surface area (TPSA) is 38.8 Å². The van der Waals surface area contributed by atoms with Crippen molar-refractivity contribution < 1.29 is 18.8 Å². The van der Waals surface area contributed by atoms with E-state index in [4.69, 9.17) is 9.47 Å². The molecule has 5 heteroatoms. The van der Waals surface area contributed by atoms with Gasteiger partial charge < -0.3 is 18.9 Å². The number of Topliss-reactive ketones (excluding diaryl/α,β-unsaturated/α-hetero) is 1. The van der Waals surface area contributed by atoms with Crippen molar-refractivity contribution in [3.63, 3.8) is 0 Å². The first kappa shape index (κ1) is 31.6. The molecule has 0 N–H and O–H groups in total. The van der Waals surface area contributed by atoms with E-state index in [1.165, 1.54) is 29.7 Å². The summed E-state index contributed by atoms with van der Waals surface area (Å²) in [6, 6.07) is 24.6. The van der Waals surface area contributed by atoms with Crippen molar-refractivity contribution in [1.82, 2.24) is 0 Å². The predicted molar refractivity (Wildman–Crippen MR) is 174 cm³/mol. The van der Waals surface area contributed by atoms with Crippen molar-refractivity contribution in [3.05, 3.63) is 89.5 Å². The third-order valence-electron chi connectivity index (χ3n) is 8.14. The van der Waals surface area contributed by atoms with Gasteiger partial charge in [-0.05, 0) is 96.3 Å². The molecule has 42 heavy (non-hydrogen) atoms. The highest BCUT2D eigenvalue weighted by atomic mass is 16.5. The molecule has 0 radical (unpaired) electrons. The monoisotopic (exact) mass is 571 g/mol. The van der Waals surface area contributed by atoms with E-state index in [9.17, 15) is 4.79 Å². The molecule has 0 amide bonds. The summed E-state index contributed by atoms with van der Waals surface area (Å²) in [4.78, 5) is 15.0. The Balaban J connectivity index is 1.20. The van der Waals surface area contributed by atoms with E-state index in [1.807, 2.05) is 36.4 Å². The summed E-state index contributed by atoms with van der Waals surface area (Å²) < 4.78 is 12.7. The Bertz CT molecular complexity index is 1280. The third-order valence-corrected chi connectivity index (χ3v) is 8.14. The van der Waals surface area contributed by atoms with Gasteiger partial charge in [-0.25, -0.2) is 0 Å². The van der Waals surface area contributed by atoms with E-state index in [-0.39, 0.29) is 23.2 Å². The highest BCUT2D eigenvalue weighted by Gasteiger charge is 2.27. The molecule has 1 heterocycles. The maximum absolute atomic E-state index is 12.7. The highest BCUT2D eigenvalue weighted by molar-refractivity contribution is 5.97. The van der Waals surface area contributed by atoms with E-state index < -0.39 is 0 Å². The van der Waals surface area contributed by atoms with E-state index in [1.54, 1.807) is 0 Å². The molecule has 0 saturated carbocycles. The number of rotatable bonds is 13. The molecule has 0 spiro atoms. The first-order valence-electron chi connectivity index (χ1n) is 15.5. The quantitative estimate of drug-likeness (QED) is 0.154. The van der Waals surface area contributed by atoms with Crippen LogP contribution in [0.1, 0.15) is 75.4 Å². The number of quaternary nitrogens is 1. The van der Waals surface area contributed by atoms with E-state index in [2.05, 4.69) is 90.0 Å². The average molecular weight is 572 g/mol. The zero-order chi connectivity index (χ0) is 30.4. The normalized spacial score (nSPS) is 14.2. The lowest BCUT2D eigenvalue weighted by molar-refractivity contribution is -0.903. The first-order valence-corrected chi connectivity index (χ1v) is 15.5. The smallest absolute Gasteiger partial charge is 0.200 e. The lowest BCUT2D eigenvalue weighted by Crippen LogP contribution is -2.41. The van der Waals surface area contributed by atoms with Crippen LogP contribution in [0.25, 0.3) is 0 Å². The number of benzene rings is 3. The minimum atomic E-state index is -0.00638. The van der Waals surface area contributed by atoms with Crippen LogP contribution in [0, 0.1) is 5.41 Å². The largest absolute Gasteiger partial charge is 0.488 e. The van der Waals surface area contributed by atoms with Gasteiger partial charge in [-0.1, -0.05) is 46.8 Å². The van der Waals surface area contributed by atoms with Crippen LogP contribution in [0.2, 0.25) is 0 Å². The van der Waals surface area contributed by atoms with Crippen LogP contribution in [-0.2, 0) is 12.0 Å². The molecule has 0 atom stereocenters. The van der Waals surface area contributed by atoms with Crippen LogP contribution in [-0.4, -0.2) is 57.2 Å². The van der Waals surface area contributed by atoms with Crippen LogP contribution < -0.4 is 14.4 Å². The average Bonchev–Trinajstić information content (AvgIpc) is 3.47. The number of hydrogen-bond donors (Lipinski definition) is 0. The van der Waals surface area contributed by atoms with Gasteiger partial charge in [-0.3, -0.25) is 4.79 Å². The Hall–Kier alpha value is -3.31. The van der Waals surface area contributed by atoms with E-state index in [0.717, 1.165) is 42.8 Å². The summed E-state index contributed by atoms with van der Waals surface area (Å²) in [5.74, 6) is 1.63. The van der Waals surface area contributed by atoms with Crippen LogP contribution >= 0.6 is 0 Å². The number of ether oxygens (including phenoxy) is 2. The van der Waals surface area contributed by atoms with Crippen LogP contribution in [0.15, 0.2) is 72.8 Å². The summed E-state index contributed by atoms with van der Waals surface area (Å²) in [5.41, 5.74) is 4.88. The van der Waals surface area contributed by atoms with Crippen LogP contribution in [0.4, 0.5) is 5.69 Å². The molecule has 3 aromatic rings. The van der Waals surface area contributed by atoms with Crippen molar-refractivity contribution in [2.75, 3.05) is 51.8 Å². The fraction of sp³-hybridized carbons (Fsp3) is 0.486. The number of carbonyl (C=O) groups is 1. The predicted octanol–water partition coefficient (Wildman–Crippen LogP) is 7.92. The highest BCUT2D eigenvalue weighted by Crippen LogP contribution is 2.36. The molecule has 1 fully saturated rings. The zero-order valence-electron chi connectivity index (χ0n) is 26.9. The molecule has 3 aromatic carbocycles. The Morgan fingerprint density at radius 1 is 0.786 bits per heavy atom. The van der Waals surface area contributed by atoms with E-state index >= 15 is 0 Å². The zero-order valence-corrected chi connectivity index (χ0v) is 26.9. The minimum Gasteiger partial charge on any atom is -0.488 e. The first-order chi connectivity index (χ1) is 19.8. The van der Waals surface area contributed by atoms with E-state index in [0.29, 0.717) is 17.9 Å². The number of hydrogen-bond acceptors (Lipinski definition) is 4. The lowest BCUT2D eigenvalue weighted by atomic mass is 9.72. The SMILES string of the molecule is CC(C)(C)CC(C)(C)c1ccc(OCC[N+](C)(C)Cc2ccc(OCC(=O)c3ccc(N4CCCC4)cc3)cc2)cc1. The number of nitrogens with zero attached hydrogens (tertiary/aromatic N) is 2. The van der Waals surface area contributed by atoms with Crippen LogP contribution in [0.5, 0.6) is 11.5 Å². The Morgan fingerprint density at radius 2 is 1.36 bits per heavy atom. The molecule has 226 valence electrons. The summed E-state index contributed by atoms with van der Waals surface area (Å²) in [5, 5.41) is 0. The maximum Gasteiger partial charge on any atom is 0.200 e. The van der Waals surface area contributed by atoms with Gasteiger partial charge in [0.05, 0.1) is 14.1 Å². The second-order valence-electron chi connectivity index (χ2n) is 14.4. The number of ketones is 1. The van der Waals surface area contributed by atoms with Crippen molar-refractivity contribution in [1.29, 1.82) is 0 Å². The van der Waals surface area contributed by atoms with Gasteiger partial charge in [-0.15, -0.1) is 0 Å². The summed E-state index contributed by atoms with van der Waals surface area (Å²) in [7, 11) is 4.44. The molecule has 1 saturated heterocycles. The second-order valence-corrected chi connectivity index (χ2v) is 14.4. The van der Waals surface area contributed by atoms with Gasteiger partial charge in [0, 0.05) is 29.9 Å². The summed E-state index contributed by atoms with van der Waals surface area (Å²) in [6.07, 6.45) is 3.61. The molecular formula is C37H51N2O3+. The molecule has 1 aliphatic heterocycles. The molecule has 5 nitrogen and oxygen atoms in total. The van der Waals surface area contributed by atoms with Gasteiger partial charge >= 0.3 is 0 Å². The van der Waals surface area contributed by atoms with Crippen molar-refractivity contribution in [2.24, 2.45) is 5.41 Å². The molecule has 0 bridgehead atoms. The fourth-order valence-electron chi connectivity index (χ4n) is 6.17. The Kier molecular flexibility index (Phi) is 10.0. The van der Waals surface area contributed by atoms with Gasteiger partial charge in [0.25, 0.3) is 0 Å². The van der Waals surface area contributed by atoms with Crippen molar-refractivity contribution >= 4 is 11.5 Å². The number of likely N-dealkylation sites (N-methyl/N-ethyl adjacent to an activating group) is 1. The summed E-state index contributed by atoms with van der Waals surface area (Å²) >= 11 is 0. The molecule has 0 aliphatic carbocycles. The van der Waals surface area contributed by atoms with Crippen molar-refractivity contribution in [3.8, 4) is 11.5 Å². The molecule has 0 unspecified atom stereocenters. The fourth-order valence-corrected chi connectivity index (χ4v) is 6.17. The lowest BCUT2D eigenvalue weighted by Gasteiger charge is -2.33. The van der Waals surface area contributed by atoms with Gasteiger partial charge in [0.2, 0.25) is 0 Å². The van der Waals surface area contributed by atoms with Crippen LogP contribution in [0.3, 0.4) is 0 Å². The Morgan fingerprint density at radius 3 is 1.95 bits per heavy atom.